The van der Waals surface area contributed by atoms with Crippen LogP contribution in [-0.2, 0) is 10.0 Å². The van der Waals surface area contributed by atoms with Gasteiger partial charge in [0.05, 0.1) is 12.3 Å². The molecule has 102 valence electrons. The Bertz CT molecular complexity index is 614. The zero-order valence-corrected chi connectivity index (χ0v) is 11.8. The van der Waals surface area contributed by atoms with Gasteiger partial charge in [0.2, 0.25) is 10.0 Å². The van der Waals surface area contributed by atoms with Crippen molar-refractivity contribution < 1.29 is 8.42 Å². The molecule has 1 saturated heterocycles. The maximum Gasteiger partial charge on any atom is 0.214 e. The summed E-state index contributed by atoms with van der Waals surface area (Å²) >= 11 is 0. The molecule has 0 aliphatic carbocycles. The predicted molar refractivity (Wildman–Crippen MR) is 75.9 cm³/mol. The third-order valence-corrected chi connectivity index (χ3v) is 5.29. The van der Waals surface area contributed by atoms with Crippen LogP contribution in [-0.4, -0.2) is 31.6 Å². The maximum atomic E-state index is 11.9. The Morgan fingerprint density at radius 2 is 2.26 bits per heavy atom. The highest BCUT2D eigenvalue weighted by molar-refractivity contribution is 7.89. The second kappa shape index (κ2) is 5.74. The third kappa shape index (κ3) is 3.16. The fourth-order valence-electron chi connectivity index (χ4n) is 2.29. The molecule has 0 saturated carbocycles. The first-order valence-corrected chi connectivity index (χ1v) is 7.94. The Morgan fingerprint density at radius 3 is 2.89 bits per heavy atom. The Morgan fingerprint density at radius 1 is 1.47 bits per heavy atom. The van der Waals surface area contributed by atoms with Crippen LogP contribution in [0.25, 0.3) is 0 Å². The van der Waals surface area contributed by atoms with Crippen molar-refractivity contribution in [3.05, 3.63) is 35.4 Å². The second-order valence-corrected chi connectivity index (χ2v) is 6.63. The lowest BCUT2D eigenvalue weighted by Gasteiger charge is -2.23. The van der Waals surface area contributed by atoms with Crippen LogP contribution in [0.3, 0.4) is 0 Å². The van der Waals surface area contributed by atoms with Gasteiger partial charge < -0.3 is 5.73 Å². The first-order valence-electron chi connectivity index (χ1n) is 6.33. The van der Waals surface area contributed by atoms with Gasteiger partial charge in [-0.3, -0.25) is 0 Å². The molecule has 2 N–H and O–H groups in total. The molecule has 0 amide bonds. The maximum absolute atomic E-state index is 11.9. The molecule has 1 aliphatic heterocycles. The molecule has 1 unspecified atom stereocenters. The molecular formula is C14H18N2O2S. The second-order valence-electron chi connectivity index (χ2n) is 4.59. The molecule has 1 heterocycles. The first-order chi connectivity index (χ1) is 9.04. The van der Waals surface area contributed by atoms with Gasteiger partial charge in [0, 0.05) is 18.2 Å². The summed E-state index contributed by atoms with van der Waals surface area (Å²) in [6.07, 6.45) is 0.708. The minimum absolute atomic E-state index is 0.146. The van der Waals surface area contributed by atoms with Crippen LogP contribution in [0.2, 0.25) is 0 Å². The van der Waals surface area contributed by atoms with Crippen LogP contribution in [0.1, 0.15) is 30.5 Å². The predicted octanol–water partition coefficient (Wildman–Crippen LogP) is 1.09. The lowest BCUT2D eigenvalue weighted by Crippen LogP contribution is -2.28. The van der Waals surface area contributed by atoms with Gasteiger partial charge >= 0.3 is 0 Å². The average molecular weight is 278 g/mol. The normalized spacial score (nSPS) is 19.7. The molecule has 0 spiro atoms. The van der Waals surface area contributed by atoms with Gasteiger partial charge in [-0.25, -0.2) is 8.42 Å². The van der Waals surface area contributed by atoms with Crippen LogP contribution >= 0.6 is 0 Å². The number of sulfonamides is 1. The zero-order chi connectivity index (χ0) is 13.9. The van der Waals surface area contributed by atoms with Gasteiger partial charge in [0.15, 0.2) is 0 Å². The van der Waals surface area contributed by atoms with Crippen molar-refractivity contribution in [2.75, 3.05) is 18.8 Å². The summed E-state index contributed by atoms with van der Waals surface area (Å²) in [5.74, 6) is 6.02. The van der Waals surface area contributed by atoms with Gasteiger partial charge in [-0.05, 0) is 31.0 Å². The van der Waals surface area contributed by atoms with E-state index in [1.807, 2.05) is 31.2 Å². The van der Waals surface area contributed by atoms with E-state index in [1.54, 1.807) is 4.31 Å². The van der Waals surface area contributed by atoms with Crippen molar-refractivity contribution in [1.82, 2.24) is 4.31 Å². The zero-order valence-electron chi connectivity index (χ0n) is 11.0. The van der Waals surface area contributed by atoms with Crippen LogP contribution in [0.4, 0.5) is 0 Å². The van der Waals surface area contributed by atoms with E-state index in [0.29, 0.717) is 19.5 Å². The van der Waals surface area contributed by atoms with E-state index in [-0.39, 0.29) is 11.8 Å². The highest BCUT2D eigenvalue weighted by atomic mass is 32.2. The van der Waals surface area contributed by atoms with E-state index < -0.39 is 10.0 Å². The van der Waals surface area contributed by atoms with E-state index in [0.717, 1.165) is 11.1 Å². The number of benzene rings is 1. The van der Waals surface area contributed by atoms with Crippen molar-refractivity contribution >= 4 is 10.0 Å². The minimum atomic E-state index is -3.09. The summed E-state index contributed by atoms with van der Waals surface area (Å²) in [6, 6.07) is 7.52. The van der Waals surface area contributed by atoms with Gasteiger partial charge in [-0.15, -0.1) is 0 Å². The molecule has 5 heteroatoms. The lowest BCUT2D eigenvalue weighted by molar-refractivity contribution is 0.369. The van der Waals surface area contributed by atoms with Crippen LogP contribution in [0.15, 0.2) is 24.3 Å². The topological polar surface area (TPSA) is 63.4 Å². The summed E-state index contributed by atoms with van der Waals surface area (Å²) < 4.78 is 25.4. The number of nitrogens with two attached hydrogens (primary N) is 1. The highest BCUT2D eigenvalue weighted by Gasteiger charge is 2.32. The highest BCUT2D eigenvalue weighted by Crippen LogP contribution is 2.28. The Hall–Kier alpha value is -1.35. The monoisotopic (exact) mass is 278 g/mol. The standard InChI is InChI=1S/C14H18N2O2S/c1-12(16-9-4-10-19(16,17)18)14-7-2-5-13(11-14)6-3-8-15/h2,5,7,11-12H,4,8-10,15H2,1H3. The van der Waals surface area contributed by atoms with Crippen molar-refractivity contribution in [2.45, 2.75) is 19.4 Å². The largest absolute Gasteiger partial charge is 0.320 e. The smallest absolute Gasteiger partial charge is 0.214 e. The van der Waals surface area contributed by atoms with Crippen LogP contribution < -0.4 is 5.73 Å². The lowest BCUT2D eigenvalue weighted by atomic mass is 10.1. The molecule has 1 fully saturated rings. The van der Waals surface area contributed by atoms with Gasteiger partial charge in [-0.2, -0.15) is 4.31 Å². The van der Waals surface area contributed by atoms with Crippen molar-refractivity contribution in [3.8, 4) is 11.8 Å². The molecule has 19 heavy (non-hydrogen) atoms. The molecular weight excluding hydrogens is 260 g/mol. The SMILES string of the molecule is CC(c1cccc(C#CCN)c1)N1CCCS1(=O)=O. The van der Waals surface area contributed by atoms with Gasteiger partial charge in [0.25, 0.3) is 0 Å². The van der Waals surface area contributed by atoms with E-state index in [9.17, 15) is 8.42 Å². The van der Waals surface area contributed by atoms with Gasteiger partial charge in [-0.1, -0.05) is 24.0 Å². The summed E-state index contributed by atoms with van der Waals surface area (Å²) in [4.78, 5) is 0. The molecule has 1 aromatic carbocycles. The fraction of sp³-hybridized carbons (Fsp3) is 0.429. The van der Waals surface area contributed by atoms with Gasteiger partial charge in [0.1, 0.15) is 0 Å². The van der Waals surface area contributed by atoms with E-state index >= 15 is 0 Å². The fourth-order valence-corrected chi connectivity index (χ4v) is 4.03. The summed E-state index contributed by atoms with van der Waals surface area (Å²) in [7, 11) is -3.09. The Balaban J connectivity index is 2.26. The Kier molecular flexibility index (Phi) is 4.25. The van der Waals surface area contributed by atoms with Crippen molar-refractivity contribution in [3.63, 3.8) is 0 Å². The molecule has 1 atom stereocenters. The average Bonchev–Trinajstić information content (AvgIpc) is 2.75. The van der Waals surface area contributed by atoms with Crippen LogP contribution in [0, 0.1) is 11.8 Å². The van der Waals surface area contributed by atoms with Crippen LogP contribution in [0.5, 0.6) is 0 Å². The summed E-state index contributed by atoms with van der Waals surface area (Å²) in [6.45, 7) is 2.83. The number of hydrogen-bond acceptors (Lipinski definition) is 3. The minimum Gasteiger partial charge on any atom is -0.320 e. The van der Waals surface area contributed by atoms with Crippen molar-refractivity contribution in [2.24, 2.45) is 5.73 Å². The number of rotatable bonds is 2. The third-order valence-electron chi connectivity index (χ3n) is 3.27. The number of nitrogens with zero attached hydrogens (tertiary/aromatic N) is 1. The summed E-state index contributed by atoms with van der Waals surface area (Å²) in [5.41, 5.74) is 7.18. The Labute approximate surface area is 114 Å². The molecule has 2 rings (SSSR count). The molecule has 0 bridgehead atoms. The first kappa shape index (κ1) is 14.1. The van der Waals surface area contributed by atoms with E-state index in [4.69, 9.17) is 5.73 Å². The molecule has 1 aromatic rings. The van der Waals surface area contributed by atoms with E-state index in [1.165, 1.54) is 0 Å². The van der Waals surface area contributed by atoms with Crippen molar-refractivity contribution in [1.29, 1.82) is 0 Å². The molecule has 1 aliphatic rings. The quantitative estimate of drug-likeness (QED) is 0.824. The molecule has 4 nitrogen and oxygen atoms in total. The van der Waals surface area contributed by atoms with E-state index in [2.05, 4.69) is 11.8 Å². The number of hydrogen-bond donors (Lipinski definition) is 1. The molecule has 0 radical (unpaired) electrons. The summed E-state index contributed by atoms with van der Waals surface area (Å²) in [5, 5.41) is 0. The molecule has 0 aromatic heterocycles.